The number of nitrogens with zero attached hydrogens (tertiary/aromatic N) is 2. The van der Waals surface area contributed by atoms with Gasteiger partial charge in [0, 0.05) is 32.8 Å². The second-order valence-corrected chi connectivity index (χ2v) is 9.33. The lowest BCUT2D eigenvalue weighted by atomic mass is 10.2. The molecule has 2 aliphatic rings. The van der Waals surface area contributed by atoms with E-state index < -0.39 is 10.0 Å². The lowest BCUT2D eigenvalue weighted by Gasteiger charge is -2.26. The lowest BCUT2D eigenvalue weighted by molar-refractivity contribution is 0.0376. The van der Waals surface area contributed by atoms with Crippen LogP contribution in [0.2, 0.25) is 0 Å². The Morgan fingerprint density at radius 2 is 1.94 bits per heavy atom. The van der Waals surface area contributed by atoms with E-state index >= 15 is 0 Å². The van der Waals surface area contributed by atoms with Gasteiger partial charge < -0.3 is 20.5 Å². The first-order valence-electron chi connectivity index (χ1n) is 10.6. The molecule has 0 aromatic heterocycles. The molecule has 176 valence electrons. The standard InChI is InChI=1S/C20H33N5O4S.HI/c21-20(22-8-2-9-25-10-13-28-14-11-25)23-15-17-4-6-19(7-5-17)30(26,27)24-16-18-3-1-12-29-18;/h4-7,18,24H,1-3,8-16H2,(H3,21,22,23);1H. The van der Waals surface area contributed by atoms with E-state index in [1.165, 1.54) is 0 Å². The van der Waals surface area contributed by atoms with Gasteiger partial charge in [0.25, 0.3) is 0 Å². The number of hydrogen-bond acceptors (Lipinski definition) is 6. The van der Waals surface area contributed by atoms with Crippen molar-refractivity contribution in [3.8, 4) is 0 Å². The highest BCUT2D eigenvalue weighted by molar-refractivity contribution is 14.0. The third-order valence-electron chi connectivity index (χ3n) is 5.25. The molecule has 0 radical (unpaired) electrons. The minimum atomic E-state index is -3.53. The van der Waals surface area contributed by atoms with Crippen molar-refractivity contribution in [2.24, 2.45) is 10.7 Å². The fraction of sp³-hybridized carbons (Fsp3) is 0.650. The van der Waals surface area contributed by atoms with Gasteiger partial charge in [-0.1, -0.05) is 12.1 Å². The number of aliphatic imine (C=N–C) groups is 1. The van der Waals surface area contributed by atoms with Crippen LogP contribution in [-0.2, 0) is 26.0 Å². The monoisotopic (exact) mass is 567 g/mol. The molecule has 0 spiro atoms. The largest absolute Gasteiger partial charge is 0.379 e. The first-order chi connectivity index (χ1) is 14.5. The molecule has 4 N–H and O–H groups in total. The highest BCUT2D eigenvalue weighted by Crippen LogP contribution is 2.14. The van der Waals surface area contributed by atoms with Crippen LogP contribution < -0.4 is 15.8 Å². The molecule has 2 fully saturated rings. The number of benzene rings is 1. The molecule has 0 aliphatic carbocycles. The average Bonchev–Trinajstić information content (AvgIpc) is 3.29. The number of morpholine rings is 1. The molecule has 1 aromatic carbocycles. The van der Waals surface area contributed by atoms with Crippen molar-refractivity contribution in [1.82, 2.24) is 14.9 Å². The molecule has 0 saturated carbocycles. The zero-order valence-corrected chi connectivity index (χ0v) is 20.9. The van der Waals surface area contributed by atoms with Crippen LogP contribution in [0.15, 0.2) is 34.2 Å². The molecule has 3 rings (SSSR count). The minimum absolute atomic E-state index is 0. The highest BCUT2D eigenvalue weighted by atomic mass is 127. The predicted molar refractivity (Wildman–Crippen MR) is 131 cm³/mol. The van der Waals surface area contributed by atoms with Crippen molar-refractivity contribution < 1.29 is 17.9 Å². The zero-order valence-electron chi connectivity index (χ0n) is 17.8. The summed E-state index contributed by atoms with van der Waals surface area (Å²) in [6.07, 6.45) is 2.83. The van der Waals surface area contributed by atoms with Gasteiger partial charge in [0.1, 0.15) is 0 Å². The molecule has 1 aromatic rings. The maximum atomic E-state index is 12.4. The summed E-state index contributed by atoms with van der Waals surface area (Å²) in [4.78, 5) is 6.94. The summed E-state index contributed by atoms with van der Waals surface area (Å²) in [7, 11) is -3.53. The molecular formula is C20H34IN5O4S. The number of hydrogen-bond donors (Lipinski definition) is 3. The van der Waals surface area contributed by atoms with Crippen LogP contribution in [0, 0.1) is 0 Å². The van der Waals surface area contributed by atoms with Crippen LogP contribution in [0.25, 0.3) is 0 Å². The van der Waals surface area contributed by atoms with Crippen molar-refractivity contribution in [2.45, 2.75) is 36.8 Å². The van der Waals surface area contributed by atoms with Crippen LogP contribution in [0.4, 0.5) is 0 Å². The Hall–Kier alpha value is -0.990. The quantitative estimate of drug-likeness (QED) is 0.166. The number of nitrogens with two attached hydrogens (primary N) is 1. The highest BCUT2D eigenvalue weighted by Gasteiger charge is 2.20. The number of sulfonamides is 1. The predicted octanol–water partition coefficient (Wildman–Crippen LogP) is 0.889. The molecule has 2 aliphatic heterocycles. The zero-order chi connectivity index (χ0) is 21.2. The third kappa shape index (κ3) is 9.18. The van der Waals surface area contributed by atoms with Crippen molar-refractivity contribution in [3.05, 3.63) is 29.8 Å². The smallest absolute Gasteiger partial charge is 0.240 e. The molecule has 1 unspecified atom stereocenters. The number of ether oxygens (including phenoxy) is 2. The van der Waals surface area contributed by atoms with Crippen LogP contribution in [-0.4, -0.2) is 77.9 Å². The van der Waals surface area contributed by atoms with Crippen LogP contribution in [0.5, 0.6) is 0 Å². The van der Waals surface area contributed by atoms with Gasteiger partial charge >= 0.3 is 0 Å². The molecule has 11 heteroatoms. The van der Waals surface area contributed by atoms with Crippen LogP contribution in [0.1, 0.15) is 24.8 Å². The van der Waals surface area contributed by atoms with Gasteiger partial charge in [-0.2, -0.15) is 0 Å². The third-order valence-corrected chi connectivity index (χ3v) is 6.69. The SMILES string of the molecule is I.NC(=NCc1ccc(S(=O)(=O)NCC2CCCO2)cc1)NCCCN1CCOCC1. The first-order valence-corrected chi connectivity index (χ1v) is 12.1. The Balaban J connectivity index is 0.00000341. The molecule has 2 heterocycles. The summed E-state index contributed by atoms with van der Waals surface area (Å²) < 4.78 is 38.2. The van der Waals surface area contributed by atoms with Gasteiger partial charge in [0.15, 0.2) is 5.96 Å². The Labute approximate surface area is 202 Å². The number of nitrogens with one attached hydrogen (secondary N) is 2. The molecule has 1 atom stereocenters. The van der Waals surface area contributed by atoms with E-state index in [2.05, 4.69) is 19.9 Å². The van der Waals surface area contributed by atoms with E-state index in [4.69, 9.17) is 15.2 Å². The summed E-state index contributed by atoms with van der Waals surface area (Å²) in [5.74, 6) is 0.395. The van der Waals surface area contributed by atoms with E-state index in [0.29, 0.717) is 25.7 Å². The summed E-state index contributed by atoms with van der Waals surface area (Å²) >= 11 is 0. The van der Waals surface area contributed by atoms with Gasteiger partial charge in [-0.3, -0.25) is 4.90 Å². The maximum Gasteiger partial charge on any atom is 0.240 e. The van der Waals surface area contributed by atoms with Crippen molar-refractivity contribution >= 4 is 40.0 Å². The first kappa shape index (κ1) is 26.3. The van der Waals surface area contributed by atoms with Crippen LogP contribution >= 0.6 is 24.0 Å². The number of guanidine groups is 1. The van der Waals surface area contributed by atoms with Crippen molar-refractivity contribution in [1.29, 1.82) is 0 Å². The van der Waals surface area contributed by atoms with E-state index in [-0.39, 0.29) is 35.0 Å². The molecule has 0 amide bonds. The number of rotatable bonds is 10. The maximum absolute atomic E-state index is 12.4. The summed E-state index contributed by atoms with van der Waals surface area (Å²) in [6.45, 7) is 6.77. The molecule has 9 nitrogen and oxygen atoms in total. The minimum Gasteiger partial charge on any atom is -0.379 e. The average molecular weight is 567 g/mol. The van der Waals surface area contributed by atoms with Crippen LogP contribution in [0.3, 0.4) is 0 Å². The molecule has 2 saturated heterocycles. The van der Waals surface area contributed by atoms with Gasteiger partial charge in [0.2, 0.25) is 10.0 Å². The van der Waals surface area contributed by atoms with Gasteiger partial charge in [0.05, 0.1) is 30.8 Å². The molecular weight excluding hydrogens is 533 g/mol. The topological polar surface area (TPSA) is 118 Å². The Kier molecular flexibility index (Phi) is 11.5. The normalized spacial score (nSPS) is 20.4. The summed E-state index contributed by atoms with van der Waals surface area (Å²) in [5, 5.41) is 3.12. The fourth-order valence-corrected chi connectivity index (χ4v) is 4.51. The van der Waals surface area contributed by atoms with Gasteiger partial charge in [-0.05, 0) is 43.5 Å². The fourth-order valence-electron chi connectivity index (χ4n) is 3.44. The Morgan fingerprint density at radius 1 is 1.19 bits per heavy atom. The molecule has 0 bridgehead atoms. The Bertz CT molecular complexity index is 779. The second kappa shape index (κ2) is 13.5. The van der Waals surface area contributed by atoms with E-state index in [0.717, 1.165) is 64.2 Å². The van der Waals surface area contributed by atoms with Gasteiger partial charge in [-0.15, -0.1) is 24.0 Å². The summed E-state index contributed by atoms with van der Waals surface area (Å²) in [6, 6.07) is 6.70. The van der Waals surface area contributed by atoms with Crippen molar-refractivity contribution in [3.63, 3.8) is 0 Å². The Morgan fingerprint density at radius 3 is 2.61 bits per heavy atom. The van der Waals surface area contributed by atoms with Gasteiger partial charge in [-0.25, -0.2) is 18.1 Å². The van der Waals surface area contributed by atoms with Crippen molar-refractivity contribution in [2.75, 3.05) is 52.5 Å². The second-order valence-electron chi connectivity index (χ2n) is 7.57. The molecule has 31 heavy (non-hydrogen) atoms. The lowest BCUT2D eigenvalue weighted by Crippen LogP contribution is -2.39. The number of halogens is 1. The summed E-state index contributed by atoms with van der Waals surface area (Å²) in [5.41, 5.74) is 6.82. The van der Waals surface area contributed by atoms with E-state index in [1.54, 1.807) is 24.3 Å². The van der Waals surface area contributed by atoms with E-state index in [9.17, 15) is 8.42 Å². The van der Waals surface area contributed by atoms with E-state index in [1.807, 2.05) is 0 Å².